The van der Waals surface area contributed by atoms with Crippen LogP contribution in [0.15, 0.2) is 15.9 Å². The van der Waals surface area contributed by atoms with Crippen LogP contribution in [0.3, 0.4) is 0 Å². The van der Waals surface area contributed by atoms with Crippen LogP contribution in [0, 0.1) is 0 Å². The third-order valence-electron chi connectivity index (χ3n) is 2.81. The monoisotopic (exact) mass is 352 g/mol. The van der Waals surface area contributed by atoms with Gasteiger partial charge in [0.15, 0.2) is 0 Å². The Morgan fingerprint density at radius 3 is 2.39 bits per heavy atom. The fraction of sp³-hybridized carbons (Fsp3) is 0.500. The molecule has 1 saturated heterocycles. The summed E-state index contributed by atoms with van der Waals surface area (Å²) in [5.74, 6) is -0.0370. The van der Waals surface area contributed by atoms with Gasteiger partial charge in [0.2, 0.25) is 10.0 Å². The number of amides is 1. The first kappa shape index (κ1) is 14.0. The second-order valence-electron chi connectivity index (χ2n) is 4.05. The van der Waals surface area contributed by atoms with Crippen molar-refractivity contribution in [2.24, 2.45) is 0 Å². The fourth-order valence-electron chi connectivity index (χ4n) is 1.81. The molecule has 1 aliphatic heterocycles. The predicted molar refractivity (Wildman–Crippen MR) is 74.3 cm³/mol. The maximum atomic E-state index is 12.2. The van der Waals surface area contributed by atoms with Crippen LogP contribution >= 0.6 is 27.3 Å². The van der Waals surface area contributed by atoms with Gasteiger partial charge in [-0.05, 0) is 27.4 Å². The molecule has 0 bridgehead atoms. The normalized spacial score (nSPS) is 18.0. The van der Waals surface area contributed by atoms with E-state index >= 15 is 0 Å². The van der Waals surface area contributed by atoms with Gasteiger partial charge in [0, 0.05) is 30.7 Å². The van der Waals surface area contributed by atoms with Crippen LogP contribution < -0.4 is 0 Å². The van der Waals surface area contributed by atoms with Crippen molar-refractivity contribution < 1.29 is 13.2 Å². The van der Waals surface area contributed by atoms with Crippen molar-refractivity contribution >= 4 is 43.2 Å². The minimum Gasteiger partial charge on any atom is -0.335 e. The van der Waals surface area contributed by atoms with E-state index < -0.39 is 10.0 Å². The Balaban J connectivity index is 2.03. The second kappa shape index (κ2) is 5.28. The quantitative estimate of drug-likeness (QED) is 0.804. The predicted octanol–water partition coefficient (Wildman–Crippen LogP) is 1.23. The highest BCUT2D eigenvalue weighted by molar-refractivity contribution is 9.10. The number of sulfonamides is 1. The van der Waals surface area contributed by atoms with Crippen LogP contribution in [0.2, 0.25) is 0 Å². The van der Waals surface area contributed by atoms with Gasteiger partial charge in [0.25, 0.3) is 5.91 Å². The summed E-state index contributed by atoms with van der Waals surface area (Å²) in [6, 6.07) is 1.84. The van der Waals surface area contributed by atoms with Gasteiger partial charge in [-0.25, -0.2) is 8.42 Å². The smallest absolute Gasteiger partial charge is 0.265 e. The van der Waals surface area contributed by atoms with Gasteiger partial charge in [-0.15, -0.1) is 11.3 Å². The van der Waals surface area contributed by atoms with Crippen molar-refractivity contribution in [2.75, 3.05) is 32.4 Å². The Hall–Kier alpha value is -0.440. The number of nitrogens with zero attached hydrogens (tertiary/aromatic N) is 2. The molecule has 0 aromatic carbocycles. The number of rotatable bonds is 2. The lowest BCUT2D eigenvalue weighted by molar-refractivity contribution is 0.0702. The van der Waals surface area contributed by atoms with E-state index in [1.54, 1.807) is 4.90 Å². The molecule has 2 rings (SSSR count). The molecule has 0 radical (unpaired) electrons. The highest BCUT2D eigenvalue weighted by Crippen LogP contribution is 2.24. The number of carbonyl (C=O) groups is 1. The topological polar surface area (TPSA) is 57.7 Å². The molecular weight excluding hydrogens is 340 g/mol. The number of piperazine rings is 1. The molecule has 18 heavy (non-hydrogen) atoms. The van der Waals surface area contributed by atoms with Crippen molar-refractivity contribution in [2.45, 2.75) is 0 Å². The average molecular weight is 353 g/mol. The average Bonchev–Trinajstić information content (AvgIpc) is 2.73. The van der Waals surface area contributed by atoms with Crippen molar-refractivity contribution in [3.05, 3.63) is 20.8 Å². The molecule has 1 aliphatic rings. The van der Waals surface area contributed by atoms with Gasteiger partial charge < -0.3 is 4.90 Å². The van der Waals surface area contributed by atoms with Crippen LogP contribution in [0.25, 0.3) is 0 Å². The Labute approximate surface area is 119 Å². The molecule has 2 heterocycles. The molecule has 0 aliphatic carbocycles. The van der Waals surface area contributed by atoms with E-state index in [1.165, 1.54) is 21.9 Å². The van der Waals surface area contributed by atoms with E-state index in [1.807, 2.05) is 11.4 Å². The fourth-order valence-corrected chi connectivity index (χ4v) is 4.15. The molecule has 1 aromatic heterocycles. The van der Waals surface area contributed by atoms with Gasteiger partial charge >= 0.3 is 0 Å². The number of halogens is 1. The van der Waals surface area contributed by atoms with Gasteiger partial charge in [-0.1, -0.05) is 0 Å². The van der Waals surface area contributed by atoms with Crippen LogP contribution in [0.4, 0.5) is 0 Å². The lowest BCUT2D eigenvalue weighted by atomic mass is 10.3. The van der Waals surface area contributed by atoms with E-state index in [2.05, 4.69) is 15.9 Å². The van der Waals surface area contributed by atoms with E-state index in [9.17, 15) is 13.2 Å². The molecule has 0 N–H and O–H groups in total. The molecule has 1 fully saturated rings. The zero-order chi connectivity index (χ0) is 13.3. The first-order valence-corrected chi connectivity index (χ1v) is 8.89. The molecule has 1 aromatic rings. The van der Waals surface area contributed by atoms with E-state index in [0.29, 0.717) is 31.1 Å². The molecule has 5 nitrogen and oxygen atoms in total. The maximum absolute atomic E-state index is 12.2. The minimum absolute atomic E-state index is 0.0370. The van der Waals surface area contributed by atoms with E-state index in [-0.39, 0.29) is 5.91 Å². The minimum atomic E-state index is -3.15. The second-order valence-corrected chi connectivity index (χ2v) is 7.80. The largest absolute Gasteiger partial charge is 0.335 e. The number of hydrogen-bond acceptors (Lipinski definition) is 4. The van der Waals surface area contributed by atoms with Crippen LogP contribution in [0.1, 0.15) is 9.67 Å². The number of thiophene rings is 1. The Kier molecular flexibility index (Phi) is 4.10. The van der Waals surface area contributed by atoms with Gasteiger partial charge in [-0.3, -0.25) is 4.79 Å². The molecule has 0 saturated carbocycles. The first-order chi connectivity index (χ1) is 8.39. The summed E-state index contributed by atoms with van der Waals surface area (Å²) in [4.78, 5) is 14.5. The summed E-state index contributed by atoms with van der Waals surface area (Å²) < 4.78 is 24.9. The summed E-state index contributed by atoms with van der Waals surface area (Å²) in [5, 5.41) is 1.85. The van der Waals surface area contributed by atoms with Gasteiger partial charge in [0.05, 0.1) is 6.26 Å². The van der Waals surface area contributed by atoms with Gasteiger partial charge in [-0.2, -0.15) is 4.31 Å². The summed E-state index contributed by atoms with van der Waals surface area (Å²) in [5.41, 5.74) is 0. The Morgan fingerprint density at radius 2 is 1.94 bits per heavy atom. The summed E-state index contributed by atoms with van der Waals surface area (Å²) in [7, 11) is -3.15. The van der Waals surface area contributed by atoms with Crippen LogP contribution in [-0.2, 0) is 10.0 Å². The molecule has 0 atom stereocenters. The van der Waals surface area contributed by atoms with Crippen LogP contribution in [-0.4, -0.2) is 56.0 Å². The zero-order valence-corrected chi connectivity index (χ0v) is 13.0. The summed E-state index contributed by atoms with van der Waals surface area (Å²) in [6.07, 6.45) is 1.19. The molecule has 0 unspecified atom stereocenters. The first-order valence-electron chi connectivity index (χ1n) is 5.37. The van der Waals surface area contributed by atoms with Crippen molar-refractivity contribution in [1.82, 2.24) is 9.21 Å². The molecular formula is C10H13BrN2O3S2. The SMILES string of the molecule is CS(=O)(=O)N1CCN(C(=O)c2sccc2Br)CC1. The molecule has 100 valence electrons. The molecule has 8 heteroatoms. The lowest BCUT2D eigenvalue weighted by Crippen LogP contribution is -2.50. The number of hydrogen-bond donors (Lipinski definition) is 0. The number of carbonyl (C=O) groups excluding carboxylic acids is 1. The third kappa shape index (κ3) is 2.93. The highest BCUT2D eigenvalue weighted by atomic mass is 79.9. The zero-order valence-electron chi connectivity index (χ0n) is 9.80. The van der Waals surface area contributed by atoms with Crippen LogP contribution in [0.5, 0.6) is 0 Å². The van der Waals surface area contributed by atoms with Crippen molar-refractivity contribution in [1.29, 1.82) is 0 Å². The molecule has 0 spiro atoms. The standard InChI is InChI=1S/C10H13BrN2O3S2/c1-18(15,16)13-5-3-12(4-6-13)10(14)9-8(11)2-7-17-9/h2,7H,3-6H2,1H3. The van der Waals surface area contributed by atoms with Gasteiger partial charge in [0.1, 0.15) is 4.88 Å². The maximum Gasteiger partial charge on any atom is 0.265 e. The Morgan fingerprint density at radius 1 is 1.33 bits per heavy atom. The molecule has 1 amide bonds. The van der Waals surface area contributed by atoms with Crippen molar-refractivity contribution in [3.63, 3.8) is 0 Å². The summed E-state index contributed by atoms with van der Waals surface area (Å²) >= 11 is 4.72. The highest BCUT2D eigenvalue weighted by Gasteiger charge is 2.27. The lowest BCUT2D eigenvalue weighted by Gasteiger charge is -2.33. The third-order valence-corrected chi connectivity index (χ3v) is 5.94. The van der Waals surface area contributed by atoms with E-state index in [0.717, 1.165) is 4.47 Å². The van der Waals surface area contributed by atoms with Crippen molar-refractivity contribution in [3.8, 4) is 0 Å². The summed E-state index contributed by atoms with van der Waals surface area (Å²) in [6.45, 7) is 1.62. The Bertz CT molecular complexity index is 547. The van der Waals surface area contributed by atoms with E-state index in [4.69, 9.17) is 0 Å².